The maximum Gasteiger partial charge on any atom is 0.309 e. The average molecular weight is 1100 g/mol. The van der Waals surface area contributed by atoms with E-state index >= 15 is 0 Å². The summed E-state index contributed by atoms with van der Waals surface area (Å²) in [6, 6.07) is 53.8. The van der Waals surface area contributed by atoms with Crippen molar-refractivity contribution < 1.29 is 66.9 Å². The van der Waals surface area contributed by atoms with Gasteiger partial charge < -0.3 is 28.4 Å². The fourth-order valence-corrected chi connectivity index (χ4v) is 7.69. The average Bonchev–Trinajstić information content (AvgIpc) is 3.47. The zero-order valence-corrected chi connectivity index (χ0v) is 43.4. The third-order valence-electron chi connectivity index (χ3n) is 12.1. The Hall–Kier alpha value is -8.79. The van der Waals surface area contributed by atoms with Crippen molar-refractivity contribution in [2.75, 3.05) is 0 Å². The standard InChI is InChI=1S/C31H33NO8.C31H32O7.2CH4/c33-29(38-21-24-10-4-1-5-11-24)18-16-27(31(35)40-23-26-14-8-3-9-15-26)20-28(32(36)37)17-19-30(34)39-22-25-12-6-2-7-13-25;32-28(17-19-30(34)37-22-25-12-6-2-7-13-25)20-27(31(35)38-23-26-14-8-3-9-15-26)16-18-29(33)36-21-24-10-4-1-5-11-24;;/h1-15,27-28H,16-23H2;1-15,27H,16-23H2;2*1H4. The van der Waals surface area contributed by atoms with E-state index in [-0.39, 0.29) is 124 Å². The lowest BCUT2D eigenvalue weighted by Crippen LogP contribution is -2.29. The molecule has 6 rings (SSSR count). The molecular formula is C64H73NO15. The number of Topliss-reactive ketones (excluding diaryl/α,β-unsaturated/α-hetero) is 1. The number of ketones is 1. The first-order valence-corrected chi connectivity index (χ1v) is 25.7. The van der Waals surface area contributed by atoms with Crippen LogP contribution in [0.1, 0.15) is 112 Å². The molecule has 6 aromatic carbocycles. The monoisotopic (exact) mass is 1100 g/mol. The number of esters is 6. The Labute approximate surface area is 468 Å². The number of benzene rings is 6. The van der Waals surface area contributed by atoms with E-state index in [0.717, 1.165) is 33.4 Å². The Morgan fingerprint density at radius 2 is 0.613 bits per heavy atom. The third-order valence-corrected chi connectivity index (χ3v) is 12.1. The Morgan fingerprint density at radius 1 is 0.350 bits per heavy atom. The van der Waals surface area contributed by atoms with Crippen LogP contribution in [0.25, 0.3) is 0 Å². The smallest absolute Gasteiger partial charge is 0.309 e. The van der Waals surface area contributed by atoms with Crippen LogP contribution in [-0.2, 0) is 102 Å². The largest absolute Gasteiger partial charge is 0.461 e. The highest BCUT2D eigenvalue weighted by atomic mass is 16.6. The summed E-state index contributed by atoms with van der Waals surface area (Å²) < 4.78 is 31.9. The van der Waals surface area contributed by atoms with Gasteiger partial charge in [0.1, 0.15) is 45.4 Å². The second-order valence-corrected chi connectivity index (χ2v) is 18.2. The van der Waals surface area contributed by atoms with Gasteiger partial charge in [0.25, 0.3) is 0 Å². The van der Waals surface area contributed by atoms with Gasteiger partial charge >= 0.3 is 35.8 Å². The summed E-state index contributed by atoms with van der Waals surface area (Å²) in [5, 5.41) is 11.8. The lowest BCUT2D eigenvalue weighted by atomic mass is 9.93. The fourth-order valence-electron chi connectivity index (χ4n) is 7.69. The molecule has 0 aliphatic rings. The summed E-state index contributed by atoms with van der Waals surface area (Å²) in [4.78, 5) is 98.7. The molecule has 0 bridgehead atoms. The van der Waals surface area contributed by atoms with Crippen molar-refractivity contribution in [3.63, 3.8) is 0 Å². The minimum atomic E-state index is -1.20. The van der Waals surface area contributed by atoms with Gasteiger partial charge in [0.05, 0.1) is 24.7 Å². The first-order valence-electron chi connectivity index (χ1n) is 25.7. The van der Waals surface area contributed by atoms with Crippen molar-refractivity contribution >= 4 is 41.6 Å². The first-order chi connectivity index (χ1) is 37.9. The zero-order valence-electron chi connectivity index (χ0n) is 43.4. The van der Waals surface area contributed by atoms with Gasteiger partial charge in [0.15, 0.2) is 0 Å². The van der Waals surface area contributed by atoms with E-state index in [9.17, 15) is 43.7 Å². The summed E-state index contributed by atoms with van der Waals surface area (Å²) in [5.74, 6) is -5.28. The molecule has 16 heteroatoms. The normalized spacial score (nSPS) is 11.4. The van der Waals surface area contributed by atoms with E-state index in [4.69, 9.17) is 28.4 Å². The van der Waals surface area contributed by atoms with Crippen LogP contribution in [0.15, 0.2) is 182 Å². The quantitative estimate of drug-likeness (QED) is 0.0171. The molecule has 0 N–H and O–H groups in total. The van der Waals surface area contributed by atoms with Gasteiger partial charge in [-0.1, -0.05) is 197 Å². The van der Waals surface area contributed by atoms with Gasteiger partial charge in [-0.05, 0) is 46.2 Å². The number of carbonyl (C=O) groups is 7. The van der Waals surface area contributed by atoms with Crippen LogP contribution in [0.2, 0.25) is 0 Å². The van der Waals surface area contributed by atoms with Crippen LogP contribution < -0.4 is 0 Å². The topological polar surface area (TPSA) is 218 Å². The van der Waals surface area contributed by atoms with Gasteiger partial charge in [-0.2, -0.15) is 0 Å². The molecule has 3 unspecified atom stereocenters. The number of nitrogens with zero attached hydrogens (tertiary/aromatic N) is 1. The van der Waals surface area contributed by atoms with Crippen molar-refractivity contribution in [1.82, 2.24) is 0 Å². The molecule has 0 amide bonds. The molecular weight excluding hydrogens is 1020 g/mol. The maximum atomic E-state index is 13.0. The van der Waals surface area contributed by atoms with Crippen LogP contribution in [0.4, 0.5) is 0 Å². The van der Waals surface area contributed by atoms with E-state index in [2.05, 4.69) is 0 Å². The van der Waals surface area contributed by atoms with Gasteiger partial charge in [-0.25, -0.2) is 0 Å². The van der Waals surface area contributed by atoms with E-state index in [0.29, 0.717) is 0 Å². The molecule has 16 nitrogen and oxygen atoms in total. The van der Waals surface area contributed by atoms with Gasteiger partial charge in [0, 0.05) is 43.4 Å². The predicted molar refractivity (Wildman–Crippen MR) is 300 cm³/mol. The molecule has 0 aliphatic carbocycles. The van der Waals surface area contributed by atoms with Crippen LogP contribution in [0.3, 0.4) is 0 Å². The number of rotatable bonds is 31. The predicted octanol–water partition coefficient (Wildman–Crippen LogP) is 12.1. The summed E-state index contributed by atoms with van der Waals surface area (Å²) in [5.41, 5.74) is 4.92. The molecule has 80 heavy (non-hydrogen) atoms. The number of hydrogen-bond donors (Lipinski definition) is 0. The van der Waals surface area contributed by atoms with E-state index in [1.54, 1.807) is 12.1 Å². The molecule has 0 aliphatic heterocycles. The van der Waals surface area contributed by atoms with Crippen molar-refractivity contribution in [2.45, 2.75) is 125 Å². The Balaban J connectivity index is 0.000000410. The lowest BCUT2D eigenvalue weighted by molar-refractivity contribution is -0.525. The second kappa shape index (κ2) is 37.9. The number of nitro groups is 1. The third kappa shape index (κ3) is 27.0. The van der Waals surface area contributed by atoms with Gasteiger partial charge in [-0.15, -0.1) is 0 Å². The van der Waals surface area contributed by atoms with E-state index < -0.39 is 58.6 Å². The van der Waals surface area contributed by atoms with Crippen molar-refractivity contribution in [3.8, 4) is 0 Å². The van der Waals surface area contributed by atoms with Gasteiger partial charge in [0.2, 0.25) is 6.04 Å². The summed E-state index contributed by atoms with van der Waals surface area (Å²) in [6.45, 7) is 0.492. The molecule has 0 aromatic heterocycles. The highest BCUT2D eigenvalue weighted by molar-refractivity contribution is 5.87. The van der Waals surface area contributed by atoms with Crippen molar-refractivity contribution in [2.24, 2.45) is 11.8 Å². The Bertz CT molecular complexity index is 2760. The molecule has 0 saturated heterocycles. The van der Waals surface area contributed by atoms with Crippen LogP contribution in [-0.4, -0.2) is 52.6 Å². The van der Waals surface area contributed by atoms with Crippen LogP contribution >= 0.6 is 0 Å². The Morgan fingerprint density at radius 3 is 0.925 bits per heavy atom. The fraction of sp³-hybridized carbons (Fsp3) is 0.328. The molecule has 424 valence electrons. The van der Waals surface area contributed by atoms with Crippen molar-refractivity contribution in [3.05, 3.63) is 225 Å². The highest BCUT2D eigenvalue weighted by Gasteiger charge is 2.32. The molecule has 0 heterocycles. The van der Waals surface area contributed by atoms with E-state index in [1.165, 1.54) is 0 Å². The van der Waals surface area contributed by atoms with Crippen LogP contribution in [0.5, 0.6) is 0 Å². The highest BCUT2D eigenvalue weighted by Crippen LogP contribution is 2.23. The second-order valence-electron chi connectivity index (χ2n) is 18.2. The molecule has 0 spiro atoms. The Kier molecular flexibility index (Phi) is 31.0. The molecule has 3 atom stereocenters. The maximum absolute atomic E-state index is 13.0. The molecule has 0 saturated carbocycles. The van der Waals surface area contributed by atoms with Crippen LogP contribution in [0, 0.1) is 22.0 Å². The SMILES string of the molecule is C.C.O=C(CCC(=O)OCc1ccccc1)CC(CCC(=O)OCc1ccccc1)C(=O)OCc1ccccc1.O=C(CCC(CC(CCC(=O)OCc1ccccc1)[N+](=O)[O-])C(=O)OCc1ccccc1)OCc1ccccc1. The number of carbonyl (C=O) groups excluding carboxylic acids is 7. The van der Waals surface area contributed by atoms with E-state index in [1.807, 2.05) is 170 Å². The summed E-state index contributed by atoms with van der Waals surface area (Å²) in [7, 11) is 0. The minimum absolute atomic E-state index is 0. The molecule has 0 radical (unpaired) electrons. The minimum Gasteiger partial charge on any atom is -0.461 e. The lowest BCUT2D eigenvalue weighted by Gasteiger charge is -2.18. The summed E-state index contributed by atoms with van der Waals surface area (Å²) in [6.07, 6.45) is -0.776. The molecule has 6 aromatic rings. The number of ether oxygens (including phenoxy) is 6. The van der Waals surface area contributed by atoms with Crippen molar-refractivity contribution in [1.29, 1.82) is 0 Å². The number of hydrogen-bond acceptors (Lipinski definition) is 15. The van der Waals surface area contributed by atoms with Gasteiger partial charge in [-0.3, -0.25) is 43.7 Å². The zero-order chi connectivity index (χ0) is 55.6. The summed E-state index contributed by atoms with van der Waals surface area (Å²) >= 11 is 0. The first kappa shape index (κ1) is 65.5. The molecule has 0 fully saturated rings.